The van der Waals surface area contributed by atoms with Crippen LogP contribution in [-0.4, -0.2) is 6.36 Å². The molecule has 0 aliphatic carbocycles. The lowest BCUT2D eigenvalue weighted by Crippen LogP contribution is -2.19. The zero-order valence-corrected chi connectivity index (χ0v) is 11.3. The molecular formula is C12H17ClF3NO. The number of nitrogens with two attached hydrogens (primary N) is 1. The average molecular weight is 284 g/mol. The zero-order valence-electron chi connectivity index (χ0n) is 10.5. The molecular weight excluding hydrogens is 267 g/mol. The van der Waals surface area contributed by atoms with E-state index in [0.717, 1.165) is 5.56 Å². The summed E-state index contributed by atoms with van der Waals surface area (Å²) in [6.45, 7) is 5.93. The van der Waals surface area contributed by atoms with Crippen LogP contribution < -0.4 is 10.5 Å². The lowest BCUT2D eigenvalue weighted by Gasteiger charge is -2.21. The van der Waals surface area contributed by atoms with Gasteiger partial charge in [-0.1, -0.05) is 26.8 Å². The molecule has 0 heterocycles. The van der Waals surface area contributed by atoms with Crippen LogP contribution in [0.3, 0.4) is 0 Å². The molecule has 0 amide bonds. The molecule has 1 aromatic rings. The first-order valence-corrected chi connectivity index (χ1v) is 5.22. The van der Waals surface area contributed by atoms with Crippen LogP contribution in [0, 0.1) is 0 Å². The molecule has 0 saturated carbocycles. The molecule has 0 bridgehead atoms. The first kappa shape index (κ1) is 17.1. The Balaban J connectivity index is 0.00000289. The van der Waals surface area contributed by atoms with Crippen molar-refractivity contribution < 1.29 is 17.9 Å². The Morgan fingerprint density at radius 1 is 1.11 bits per heavy atom. The molecule has 0 unspecified atom stereocenters. The van der Waals surface area contributed by atoms with E-state index in [1.807, 2.05) is 20.8 Å². The average Bonchev–Trinajstić information content (AvgIpc) is 2.13. The van der Waals surface area contributed by atoms with Crippen molar-refractivity contribution in [3.8, 4) is 5.75 Å². The van der Waals surface area contributed by atoms with Gasteiger partial charge < -0.3 is 10.5 Å². The summed E-state index contributed by atoms with van der Waals surface area (Å²) in [4.78, 5) is 0. The predicted molar refractivity (Wildman–Crippen MR) is 67.0 cm³/mol. The molecule has 0 aliphatic rings. The quantitative estimate of drug-likeness (QED) is 0.897. The standard InChI is InChI=1S/C12H16F3NO.ClH/c1-11(2,3)9-4-8(7-16)5-10(6-9)17-12(13,14)15;/h4-6H,7,16H2,1-3H3;1H. The highest BCUT2D eigenvalue weighted by Gasteiger charge is 2.31. The van der Waals surface area contributed by atoms with E-state index in [-0.39, 0.29) is 30.1 Å². The second kappa shape index (κ2) is 5.80. The fourth-order valence-electron chi connectivity index (χ4n) is 1.40. The van der Waals surface area contributed by atoms with E-state index in [4.69, 9.17) is 5.73 Å². The van der Waals surface area contributed by atoms with E-state index in [2.05, 4.69) is 4.74 Å². The second-order valence-corrected chi connectivity index (χ2v) is 4.87. The Kier molecular flexibility index (Phi) is 5.50. The van der Waals surface area contributed by atoms with Crippen molar-refractivity contribution in [3.63, 3.8) is 0 Å². The van der Waals surface area contributed by atoms with E-state index in [9.17, 15) is 13.2 Å². The summed E-state index contributed by atoms with van der Waals surface area (Å²) in [7, 11) is 0. The molecule has 18 heavy (non-hydrogen) atoms. The smallest absolute Gasteiger partial charge is 0.406 e. The summed E-state index contributed by atoms with van der Waals surface area (Å²) in [5.74, 6) is -0.217. The zero-order chi connectivity index (χ0) is 13.3. The molecule has 0 radical (unpaired) electrons. The van der Waals surface area contributed by atoms with Gasteiger partial charge in [0, 0.05) is 6.54 Å². The van der Waals surface area contributed by atoms with Crippen LogP contribution in [0.1, 0.15) is 31.9 Å². The summed E-state index contributed by atoms with van der Waals surface area (Å²) in [5, 5.41) is 0. The molecule has 0 aliphatic heterocycles. The van der Waals surface area contributed by atoms with Crippen LogP contribution in [0.25, 0.3) is 0 Å². The Labute approximate surface area is 111 Å². The Morgan fingerprint density at radius 2 is 1.67 bits per heavy atom. The van der Waals surface area contributed by atoms with Crippen LogP contribution >= 0.6 is 12.4 Å². The van der Waals surface area contributed by atoms with Gasteiger partial charge in [-0.15, -0.1) is 25.6 Å². The van der Waals surface area contributed by atoms with Crippen molar-refractivity contribution in [1.82, 2.24) is 0 Å². The molecule has 0 atom stereocenters. The lowest BCUT2D eigenvalue weighted by atomic mass is 9.86. The molecule has 2 N–H and O–H groups in total. The molecule has 1 rings (SSSR count). The van der Waals surface area contributed by atoms with E-state index in [1.165, 1.54) is 12.1 Å². The molecule has 6 heteroatoms. The molecule has 1 aromatic carbocycles. The van der Waals surface area contributed by atoms with Gasteiger partial charge in [-0.3, -0.25) is 0 Å². The maximum atomic E-state index is 12.2. The monoisotopic (exact) mass is 283 g/mol. The van der Waals surface area contributed by atoms with Gasteiger partial charge in [0.1, 0.15) is 5.75 Å². The predicted octanol–water partition coefficient (Wildman–Crippen LogP) is 3.76. The minimum absolute atomic E-state index is 0. The number of ether oxygens (including phenoxy) is 1. The van der Waals surface area contributed by atoms with Gasteiger partial charge in [0.05, 0.1) is 0 Å². The van der Waals surface area contributed by atoms with Crippen molar-refractivity contribution in [2.45, 2.75) is 39.1 Å². The Bertz CT molecular complexity index is 399. The van der Waals surface area contributed by atoms with Crippen molar-refractivity contribution in [2.24, 2.45) is 5.73 Å². The third-order valence-corrected chi connectivity index (χ3v) is 2.30. The summed E-state index contributed by atoms with van der Waals surface area (Å²) < 4.78 is 40.4. The van der Waals surface area contributed by atoms with Crippen molar-refractivity contribution in [2.75, 3.05) is 0 Å². The van der Waals surface area contributed by atoms with Crippen LogP contribution in [0.2, 0.25) is 0 Å². The summed E-state index contributed by atoms with van der Waals surface area (Å²) >= 11 is 0. The van der Waals surface area contributed by atoms with Gasteiger partial charge in [0.2, 0.25) is 0 Å². The number of hydrogen-bond acceptors (Lipinski definition) is 2. The fourth-order valence-corrected chi connectivity index (χ4v) is 1.40. The van der Waals surface area contributed by atoms with E-state index >= 15 is 0 Å². The van der Waals surface area contributed by atoms with Crippen molar-refractivity contribution >= 4 is 12.4 Å². The second-order valence-electron chi connectivity index (χ2n) is 4.87. The summed E-state index contributed by atoms with van der Waals surface area (Å²) in [6.07, 6.45) is -4.68. The lowest BCUT2D eigenvalue weighted by molar-refractivity contribution is -0.274. The molecule has 0 spiro atoms. The van der Waals surface area contributed by atoms with Crippen LogP contribution in [0.4, 0.5) is 13.2 Å². The van der Waals surface area contributed by atoms with Crippen LogP contribution in [0.5, 0.6) is 5.75 Å². The SMILES string of the molecule is CC(C)(C)c1cc(CN)cc(OC(F)(F)F)c1.Cl. The van der Waals surface area contributed by atoms with Crippen LogP contribution in [0.15, 0.2) is 18.2 Å². The highest BCUT2D eigenvalue weighted by molar-refractivity contribution is 5.85. The third-order valence-electron chi connectivity index (χ3n) is 2.30. The van der Waals surface area contributed by atoms with Crippen LogP contribution in [-0.2, 0) is 12.0 Å². The van der Waals surface area contributed by atoms with Crippen molar-refractivity contribution in [1.29, 1.82) is 0 Å². The molecule has 104 valence electrons. The van der Waals surface area contributed by atoms with Gasteiger partial charge in [0.25, 0.3) is 0 Å². The minimum atomic E-state index is -4.68. The number of rotatable bonds is 2. The highest BCUT2D eigenvalue weighted by Crippen LogP contribution is 2.30. The third kappa shape index (κ3) is 5.14. The first-order chi connectivity index (χ1) is 7.62. The number of hydrogen-bond donors (Lipinski definition) is 1. The van der Waals surface area contributed by atoms with Gasteiger partial charge in [-0.05, 0) is 28.7 Å². The topological polar surface area (TPSA) is 35.2 Å². The molecule has 0 saturated heterocycles. The van der Waals surface area contributed by atoms with E-state index < -0.39 is 6.36 Å². The number of halogens is 4. The molecule has 2 nitrogen and oxygen atoms in total. The van der Waals surface area contributed by atoms with E-state index in [0.29, 0.717) is 5.56 Å². The number of benzene rings is 1. The highest BCUT2D eigenvalue weighted by atomic mass is 35.5. The first-order valence-electron chi connectivity index (χ1n) is 5.22. The van der Waals surface area contributed by atoms with Gasteiger partial charge in [0.15, 0.2) is 0 Å². The fraction of sp³-hybridized carbons (Fsp3) is 0.500. The largest absolute Gasteiger partial charge is 0.573 e. The maximum absolute atomic E-state index is 12.2. The summed E-state index contributed by atoms with van der Waals surface area (Å²) in [6, 6.07) is 4.50. The van der Waals surface area contributed by atoms with Crippen molar-refractivity contribution in [3.05, 3.63) is 29.3 Å². The Morgan fingerprint density at radius 3 is 2.06 bits per heavy atom. The number of alkyl halides is 3. The molecule has 0 aromatic heterocycles. The Hall–Kier alpha value is -0.940. The minimum Gasteiger partial charge on any atom is -0.406 e. The van der Waals surface area contributed by atoms with Gasteiger partial charge >= 0.3 is 6.36 Å². The summed E-state index contributed by atoms with van der Waals surface area (Å²) in [5.41, 5.74) is 6.59. The normalized spacial score (nSPS) is 11.9. The van der Waals surface area contributed by atoms with Gasteiger partial charge in [-0.25, -0.2) is 0 Å². The maximum Gasteiger partial charge on any atom is 0.573 e. The van der Waals surface area contributed by atoms with E-state index in [1.54, 1.807) is 6.07 Å². The molecule has 0 fully saturated rings. The van der Waals surface area contributed by atoms with Gasteiger partial charge in [-0.2, -0.15) is 0 Å².